The molecule has 1 aromatic carbocycles. The first-order valence-corrected chi connectivity index (χ1v) is 6.99. The molecule has 0 bridgehead atoms. The van der Waals surface area contributed by atoms with Gasteiger partial charge in [-0.25, -0.2) is 4.39 Å². The van der Waals surface area contributed by atoms with Crippen LogP contribution in [0.25, 0.3) is 0 Å². The van der Waals surface area contributed by atoms with Crippen molar-refractivity contribution < 1.29 is 9.50 Å². The van der Waals surface area contributed by atoms with E-state index in [-0.39, 0.29) is 17.8 Å². The maximum Gasteiger partial charge on any atom is 0.123 e. The van der Waals surface area contributed by atoms with Crippen molar-refractivity contribution in [2.45, 2.75) is 33.2 Å². The van der Waals surface area contributed by atoms with Crippen molar-refractivity contribution in [2.24, 2.45) is 5.41 Å². The second-order valence-electron chi connectivity index (χ2n) is 5.34. The molecule has 2 N–H and O–H groups in total. The molecule has 102 valence electrons. The quantitative estimate of drug-likeness (QED) is 0.755. The lowest BCUT2D eigenvalue weighted by Gasteiger charge is -2.21. The van der Waals surface area contributed by atoms with Crippen LogP contribution in [0.3, 0.4) is 0 Å². The van der Waals surface area contributed by atoms with Crippen molar-refractivity contribution >= 4 is 15.9 Å². The van der Waals surface area contributed by atoms with Crippen molar-refractivity contribution in [3.8, 4) is 0 Å². The van der Waals surface area contributed by atoms with Crippen molar-refractivity contribution in [2.75, 3.05) is 13.2 Å². The molecule has 2 nitrogen and oxygen atoms in total. The molecule has 0 spiro atoms. The zero-order chi connectivity index (χ0) is 13.6. The van der Waals surface area contributed by atoms with Crippen LogP contribution in [0.2, 0.25) is 0 Å². The van der Waals surface area contributed by atoms with Gasteiger partial charge in [-0.15, -0.1) is 0 Å². The van der Waals surface area contributed by atoms with Crippen LogP contribution in [-0.2, 0) is 6.54 Å². The summed E-state index contributed by atoms with van der Waals surface area (Å²) in [6.45, 7) is 5.83. The van der Waals surface area contributed by atoms with E-state index in [0.29, 0.717) is 6.54 Å². The van der Waals surface area contributed by atoms with Gasteiger partial charge in [-0.3, -0.25) is 0 Å². The molecule has 4 heteroatoms. The molecule has 0 saturated carbocycles. The third-order valence-corrected chi connectivity index (χ3v) is 3.73. The molecule has 0 aromatic heterocycles. The molecular weight excluding hydrogens is 297 g/mol. The lowest BCUT2D eigenvalue weighted by Crippen LogP contribution is -2.21. The normalized spacial score (nSPS) is 11.8. The fraction of sp³-hybridized carbons (Fsp3) is 0.571. The molecule has 1 aromatic rings. The van der Waals surface area contributed by atoms with E-state index in [4.69, 9.17) is 5.11 Å². The SMILES string of the molecule is CC(C)(CO)CCCNCc1cc(F)ccc1Br. The van der Waals surface area contributed by atoms with E-state index in [1.807, 2.05) is 0 Å². The molecule has 0 atom stereocenters. The molecule has 0 fully saturated rings. The van der Waals surface area contributed by atoms with Gasteiger partial charge in [0.1, 0.15) is 5.82 Å². The largest absolute Gasteiger partial charge is 0.396 e. The van der Waals surface area contributed by atoms with Gasteiger partial charge in [0.2, 0.25) is 0 Å². The van der Waals surface area contributed by atoms with E-state index in [1.165, 1.54) is 12.1 Å². The van der Waals surface area contributed by atoms with Crippen LogP contribution in [0.1, 0.15) is 32.3 Å². The van der Waals surface area contributed by atoms with E-state index < -0.39 is 0 Å². The Bertz CT molecular complexity index is 382. The molecule has 1 rings (SSSR count). The Morgan fingerprint density at radius 1 is 1.39 bits per heavy atom. The molecule has 0 amide bonds. The molecule has 0 heterocycles. The Balaban J connectivity index is 2.28. The summed E-state index contributed by atoms with van der Waals surface area (Å²) in [4.78, 5) is 0. The van der Waals surface area contributed by atoms with Crippen LogP contribution in [0.4, 0.5) is 4.39 Å². The van der Waals surface area contributed by atoms with Gasteiger partial charge in [0.25, 0.3) is 0 Å². The van der Waals surface area contributed by atoms with Crippen LogP contribution in [0, 0.1) is 11.2 Å². The van der Waals surface area contributed by atoms with Crippen molar-refractivity contribution in [3.05, 3.63) is 34.1 Å². The highest BCUT2D eigenvalue weighted by atomic mass is 79.9. The van der Waals surface area contributed by atoms with E-state index in [0.717, 1.165) is 29.4 Å². The number of aliphatic hydroxyl groups is 1. The average Bonchev–Trinajstić information content (AvgIpc) is 2.33. The Hall–Kier alpha value is -0.450. The highest BCUT2D eigenvalue weighted by Gasteiger charge is 2.15. The van der Waals surface area contributed by atoms with Gasteiger partial charge in [-0.2, -0.15) is 0 Å². The first-order chi connectivity index (χ1) is 8.44. The van der Waals surface area contributed by atoms with Crippen LogP contribution in [0.5, 0.6) is 0 Å². The summed E-state index contributed by atoms with van der Waals surface area (Å²) < 4.78 is 14.0. The zero-order valence-electron chi connectivity index (χ0n) is 11.0. The van der Waals surface area contributed by atoms with Crippen LogP contribution in [-0.4, -0.2) is 18.3 Å². The lowest BCUT2D eigenvalue weighted by atomic mass is 9.89. The summed E-state index contributed by atoms with van der Waals surface area (Å²) in [5, 5.41) is 12.4. The monoisotopic (exact) mass is 317 g/mol. The maximum absolute atomic E-state index is 13.0. The van der Waals surface area contributed by atoms with E-state index in [1.54, 1.807) is 6.07 Å². The fourth-order valence-electron chi connectivity index (χ4n) is 1.67. The summed E-state index contributed by atoms with van der Waals surface area (Å²) in [5.41, 5.74) is 0.914. The predicted molar refractivity (Wildman–Crippen MR) is 75.9 cm³/mol. The topological polar surface area (TPSA) is 32.3 Å². The Kier molecular flexibility index (Phi) is 6.26. The predicted octanol–water partition coefficient (Wildman–Crippen LogP) is 3.48. The fourth-order valence-corrected chi connectivity index (χ4v) is 2.06. The van der Waals surface area contributed by atoms with Gasteiger partial charge >= 0.3 is 0 Å². The summed E-state index contributed by atoms with van der Waals surface area (Å²) >= 11 is 3.40. The maximum atomic E-state index is 13.0. The number of hydrogen-bond acceptors (Lipinski definition) is 2. The molecule has 0 aliphatic carbocycles. The van der Waals surface area contributed by atoms with E-state index >= 15 is 0 Å². The zero-order valence-corrected chi connectivity index (χ0v) is 12.6. The minimum absolute atomic E-state index is 0.0128. The highest BCUT2D eigenvalue weighted by Crippen LogP contribution is 2.21. The number of halogens is 2. The first kappa shape index (κ1) is 15.6. The van der Waals surface area contributed by atoms with Crippen LogP contribution in [0.15, 0.2) is 22.7 Å². The van der Waals surface area contributed by atoms with Gasteiger partial charge in [0.05, 0.1) is 0 Å². The first-order valence-electron chi connectivity index (χ1n) is 6.20. The van der Waals surface area contributed by atoms with Gasteiger partial charge in [0.15, 0.2) is 0 Å². The van der Waals surface area contributed by atoms with Gasteiger partial charge in [-0.05, 0) is 48.6 Å². The Morgan fingerprint density at radius 3 is 2.78 bits per heavy atom. The van der Waals surface area contributed by atoms with E-state index in [9.17, 15) is 4.39 Å². The number of nitrogens with one attached hydrogen (secondary N) is 1. The summed E-state index contributed by atoms with van der Waals surface area (Å²) in [6.07, 6.45) is 1.97. The molecular formula is C14H21BrFNO. The minimum Gasteiger partial charge on any atom is -0.396 e. The number of rotatable bonds is 7. The van der Waals surface area contributed by atoms with Gasteiger partial charge < -0.3 is 10.4 Å². The lowest BCUT2D eigenvalue weighted by molar-refractivity contribution is 0.148. The molecule has 0 radical (unpaired) electrons. The summed E-state index contributed by atoms with van der Waals surface area (Å²) in [7, 11) is 0. The Labute approximate surface area is 117 Å². The standard InChI is InChI=1S/C14H21BrFNO/c1-14(2,10-18)6-3-7-17-9-11-8-12(16)4-5-13(11)15/h4-5,8,17-18H,3,6-7,9-10H2,1-2H3. The van der Waals surface area contributed by atoms with Crippen LogP contribution >= 0.6 is 15.9 Å². The van der Waals surface area contributed by atoms with Crippen molar-refractivity contribution in [3.63, 3.8) is 0 Å². The van der Waals surface area contributed by atoms with E-state index in [2.05, 4.69) is 35.1 Å². The molecule has 0 aliphatic rings. The summed E-state index contributed by atoms with van der Waals surface area (Å²) in [5.74, 6) is -0.212. The second-order valence-corrected chi connectivity index (χ2v) is 6.19. The average molecular weight is 318 g/mol. The molecule has 0 unspecified atom stereocenters. The van der Waals surface area contributed by atoms with Crippen molar-refractivity contribution in [1.82, 2.24) is 5.32 Å². The minimum atomic E-state index is -0.212. The number of hydrogen-bond donors (Lipinski definition) is 2. The van der Waals surface area contributed by atoms with Gasteiger partial charge in [-0.1, -0.05) is 29.8 Å². The number of benzene rings is 1. The Morgan fingerprint density at radius 2 is 2.11 bits per heavy atom. The highest BCUT2D eigenvalue weighted by molar-refractivity contribution is 9.10. The molecule has 18 heavy (non-hydrogen) atoms. The molecule has 0 aliphatic heterocycles. The number of aliphatic hydroxyl groups excluding tert-OH is 1. The smallest absolute Gasteiger partial charge is 0.123 e. The van der Waals surface area contributed by atoms with Gasteiger partial charge in [0, 0.05) is 17.6 Å². The third kappa shape index (κ3) is 5.46. The van der Waals surface area contributed by atoms with Crippen molar-refractivity contribution in [1.29, 1.82) is 0 Å². The van der Waals surface area contributed by atoms with Crippen LogP contribution < -0.4 is 5.32 Å². The molecule has 0 saturated heterocycles. The second kappa shape index (κ2) is 7.22. The summed E-state index contributed by atoms with van der Waals surface area (Å²) in [6, 6.07) is 4.70. The third-order valence-electron chi connectivity index (χ3n) is 2.96.